The third kappa shape index (κ3) is 5.12. The molecule has 1 aromatic heterocycles. The van der Waals surface area contributed by atoms with Gasteiger partial charge in [-0.15, -0.1) is 0 Å². The molecule has 12 heteroatoms. The van der Waals surface area contributed by atoms with Crippen LogP contribution in [-0.2, 0) is 12.4 Å². The van der Waals surface area contributed by atoms with Crippen molar-refractivity contribution in [3.63, 3.8) is 0 Å². The number of Topliss-reactive ketones (excluding diaryl/α,β-unsaturated/α-hetero) is 1. The standard InChI is InChI=1S/C20H10F6N4O2/c21-19(22,23)12-6-13(20(24,25)26)8-14(7-12)28-29-16(10-27)18(31)15-9-17(32-30-15)11-4-2-1-3-5-11/h1-9,28H. The van der Waals surface area contributed by atoms with E-state index in [-0.39, 0.29) is 17.5 Å². The Morgan fingerprint density at radius 3 is 2.09 bits per heavy atom. The van der Waals surface area contributed by atoms with Gasteiger partial charge >= 0.3 is 12.4 Å². The first-order valence-corrected chi connectivity index (χ1v) is 8.59. The largest absolute Gasteiger partial charge is 0.416 e. The first kappa shape index (κ1) is 22.5. The third-order valence-corrected chi connectivity index (χ3v) is 4.01. The highest BCUT2D eigenvalue weighted by atomic mass is 19.4. The van der Waals surface area contributed by atoms with Crippen molar-refractivity contribution in [1.29, 1.82) is 5.26 Å². The minimum atomic E-state index is -5.07. The molecule has 1 heterocycles. The second-order valence-electron chi connectivity index (χ2n) is 6.25. The van der Waals surface area contributed by atoms with Gasteiger partial charge in [0.1, 0.15) is 6.07 Å². The molecular formula is C20H10F6N4O2. The highest BCUT2D eigenvalue weighted by Gasteiger charge is 2.37. The molecule has 0 spiro atoms. The van der Waals surface area contributed by atoms with Crippen molar-refractivity contribution >= 4 is 17.2 Å². The number of carbonyl (C=O) groups excluding carboxylic acids is 1. The molecule has 0 bridgehead atoms. The molecule has 0 unspecified atom stereocenters. The van der Waals surface area contributed by atoms with Crippen LogP contribution in [0.5, 0.6) is 0 Å². The van der Waals surface area contributed by atoms with E-state index < -0.39 is 40.7 Å². The number of halogens is 6. The number of hydrazone groups is 1. The average molecular weight is 452 g/mol. The van der Waals surface area contributed by atoms with E-state index in [1.807, 2.05) is 5.43 Å². The second kappa shape index (κ2) is 8.54. The molecule has 0 atom stereocenters. The summed E-state index contributed by atoms with van der Waals surface area (Å²) in [5.41, 5.74) is -2.60. The SMILES string of the molecule is N#CC(=NNc1cc(C(F)(F)F)cc(C(F)(F)F)c1)C(=O)c1cc(-c2ccccc2)on1. The zero-order valence-corrected chi connectivity index (χ0v) is 15.6. The van der Waals surface area contributed by atoms with Crippen molar-refractivity contribution in [2.24, 2.45) is 5.10 Å². The zero-order chi connectivity index (χ0) is 23.5. The summed E-state index contributed by atoms with van der Waals surface area (Å²) in [5, 5.41) is 16.1. The Hall–Kier alpha value is -4.14. The van der Waals surface area contributed by atoms with Gasteiger partial charge in [0.15, 0.2) is 11.5 Å². The summed E-state index contributed by atoms with van der Waals surface area (Å²) in [7, 11) is 0. The molecule has 32 heavy (non-hydrogen) atoms. The Bertz CT molecular complexity index is 1180. The number of benzene rings is 2. The van der Waals surface area contributed by atoms with E-state index in [4.69, 9.17) is 9.78 Å². The van der Waals surface area contributed by atoms with Gasteiger partial charge in [-0.1, -0.05) is 35.5 Å². The molecule has 164 valence electrons. The Labute approximate surface area is 175 Å². The number of rotatable bonds is 5. The summed E-state index contributed by atoms with van der Waals surface area (Å²) in [4.78, 5) is 12.4. The van der Waals surface area contributed by atoms with Crippen LogP contribution in [0.3, 0.4) is 0 Å². The van der Waals surface area contributed by atoms with Gasteiger partial charge in [0.05, 0.1) is 16.8 Å². The van der Waals surface area contributed by atoms with E-state index in [9.17, 15) is 31.1 Å². The van der Waals surface area contributed by atoms with E-state index >= 15 is 0 Å². The van der Waals surface area contributed by atoms with Crippen molar-refractivity contribution in [3.05, 3.63) is 71.4 Å². The topological polar surface area (TPSA) is 91.3 Å². The molecule has 0 saturated carbocycles. The van der Waals surface area contributed by atoms with Crippen LogP contribution in [-0.4, -0.2) is 16.7 Å². The number of hydrogen-bond donors (Lipinski definition) is 1. The number of ketones is 1. The molecule has 0 fully saturated rings. The molecule has 3 aromatic rings. The van der Waals surface area contributed by atoms with Crippen LogP contribution in [0.25, 0.3) is 11.3 Å². The number of alkyl halides is 6. The molecule has 0 aliphatic heterocycles. The molecule has 2 aromatic carbocycles. The van der Waals surface area contributed by atoms with Gasteiger partial charge in [-0.3, -0.25) is 10.2 Å². The quantitative estimate of drug-likeness (QED) is 0.237. The van der Waals surface area contributed by atoms with Crippen molar-refractivity contribution in [3.8, 4) is 17.4 Å². The minimum absolute atomic E-state index is 0.0637. The number of anilines is 1. The number of hydrogen-bond acceptors (Lipinski definition) is 6. The van der Waals surface area contributed by atoms with Gasteiger partial charge in [-0.25, -0.2) is 0 Å². The van der Waals surface area contributed by atoms with Crippen molar-refractivity contribution in [2.75, 3.05) is 5.43 Å². The minimum Gasteiger partial charge on any atom is -0.356 e. The highest BCUT2D eigenvalue weighted by Crippen LogP contribution is 2.37. The van der Waals surface area contributed by atoms with Crippen LogP contribution in [0.2, 0.25) is 0 Å². The number of nitrogens with zero attached hydrogens (tertiary/aromatic N) is 3. The fourth-order valence-corrected chi connectivity index (χ4v) is 2.51. The first-order chi connectivity index (χ1) is 15.0. The van der Waals surface area contributed by atoms with E-state index in [2.05, 4.69) is 10.3 Å². The van der Waals surface area contributed by atoms with Gasteiger partial charge in [0, 0.05) is 11.6 Å². The van der Waals surface area contributed by atoms with Gasteiger partial charge in [0.2, 0.25) is 11.5 Å². The van der Waals surface area contributed by atoms with Crippen molar-refractivity contribution in [2.45, 2.75) is 12.4 Å². The predicted molar refractivity (Wildman–Crippen MR) is 99.4 cm³/mol. The molecule has 0 aliphatic carbocycles. The number of nitriles is 1. The summed E-state index contributed by atoms with van der Waals surface area (Å²) >= 11 is 0. The molecule has 1 N–H and O–H groups in total. The molecule has 6 nitrogen and oxygen atoms in total. The van der Waals surface area contributed by atoms with Crippen molar-refractivity contribution in [1.82, 2.24) is 5.16 Å². The molecule has 0 saturated heterocycles. The van der Waals surface area contributed by atoms with E-state index in [1.54, 1.807) is 30.3 Å². The highest BCUT2D eigenvalue weighted by molar-refractivity contribution is 6.51. The normalized spacial score (nSPS) is 12.3. The molecule has 0 aliphatic rings. The molecular weight excluding hydrogens is 442 g/mol. The van der Waals surface area contributed by atoms with Crippen LogP contribution in [0.1, 0.15) is 21.6 Å². The molecule has 3 rings (SSSR count). The Kier molecular flexibility index (Phi) is 6.02. The van der Waals surface area contributed by atoms with Crippen molar-refractivity contribution < 1.29 is 35.7 Å². The van der Waals surface area contributed by atoms with Gasteiger partial charge in [-0.05, 0) is 18.2 Å². The fraction of sp³-hybridized carbons (Fsp3) is 0.100. The van der Waals surface area contributed by atoms with E-state index in [0.717, 1.165) is 0 Å². The zero-order valence-electron chi connectivity index (χ0n) is 15.6. The lowest BCUT2D eigenvalue weighted by Gasteiger charge is -2.13. The van der Waals surface area contributed by atoms with Crippen LogP contribution in [0.4, 0.5) is 32.0 Å². The van der Waals surface area contributed by atoms with Gasteiger partial charge < -0.3 is 4.52 Å². The second-order valence-corrected chi connectivity index (χ2v) is 6.25. The smallest absolute Gasteiger partial charge is 0.356 e. The maximum Gasteiger partial charge on any atom is 0.416 e. The Morgan fingerprint density at radius 2 is 1.56 bits per heavy atom. The fourth-order valence-electron chi connectivity index (χ4n) is 2.51. The number of nitrogens with one attached hydrogen (secondary N) is 1. The number of aromatic nitrogens is 1. The van der Waals surface area contributed by atoms with E-state index in [1.165, 1.54) is 12.1 Å². The van der Waals surface area contributed by atoms with Crippen LogP contribution in [0.15, 0.2) is 64.2 Å². The number of carbonyl (C=O) groups is 1. The maximum atomic E-state index is 12.9. The average Bonchev–Trinajstić information content (AvgIpc) is 3.23. The maximum absolute atomic E-state index is 12.9. The van der Waals surface area contributed by atoms with Gasteiger partial charge in [0.25, 0.3) is 0 Å². The summed E-state index contributed by atoms with van der Waals surface area (Å²) in [5.74, 6) is -0.846. The Balaban J connectivity index is 1.89. The van der Waals surface area contributed by atoms with Crippen LogP contribution < -0.4 is 5.43 Å². The monoisotopic (exact) mass is 452 g/mol. The molecule has 0 amide bonds. The van der Waals surface area contributed by atoms with Crippen LogP contribution in [0, 0.1) is 11.3 Å². The predicted octanol–water partition coefficient (Wildman–Crippen LogP) is 5.55. The Morgan fingerprint density at radius 1 is 0.969 bits per heavy atom. The van der Waals surface area contributed by atoms with Gasteiger partial charge in [-0.2, -0.15) is 36.7 Å². The lowest BCUT2D eigenvalue weighted by molar-refractivity contribution is -0.143. The van der Waals surface area contributed by atoms with E-state index in [0.29, 0.717) is 17.7 Å². The first-order valence-electron chi connectivity index (χ1n) is 8.59. The molecule has 0 radical (unpaired) electrons. The summed E-state index contributed by atoms with van der Waals surface area (Å²) in [6.07, 6.45) is -10.1. The lowest BCUT2D eigenvalue weighted by atomic mass is 10.1. The summed E-state index contributed by atoms with van der Waals surface area (Å²) in [6.45, 7) is 0. The van der Waals surface area contributed by atoms with Crippen LogP contribution >= 0.6 is 0 Å². The summed E-state index contributed by atoms with van der Waals surface area (Å²) in [6, 6.07) is 11.8. The lowest BCUT2D eigenvalue weighted by Crippen LogP contribution is -2.15. The third-order valence-electron chi connectivity index (χ3n) is 4.01. The summed E-state index contributed by atoms with van der Waals surface area (Å²) < 4.78 is 82.7.